The van der Waals surface area contributed by atoms with E-state index in [2.05, 4.69) is 20.3 Å². The summed E-state index contributed by atoms with van der Waals surface area (Å²) in [5.41, 5.74) is -0.0636. The van der Waals surface area contributed by atoms with Crippen LogP contribution < -0.4 is 5.32 Å². The van der Waals surface area contributed by atoms with E-state index in [0.29, 0.717) is 17.0 Å². The number of aromatic nitrogens is 3. The third-order valence-corrected chi connectivity index (χ3v) is 6.87. The quantitative estimate of drug-likeness (QED) is 0.465. The van der Waals surface area contributed by atoms with Crippen LogP contribution in [0.25, 0.3) is 11.3 Å². The first-order chi connectivity index (χ1) is 16.4. The Balaban J connectivity index is 1.68. The fraction of sp³-hybridized carbons (Fsp3) is 0.273. The zero-order valence-corrected chi connectivity index (χ0v) is 19.4. The molecule has 1 N–H and O–H groups in total. The van der Waals surface area contributed by atoms with Crippen LogP contribution in [-0.4, -0.2) is 46.2 Å². The molecule has 8 nitrogen and oxygen atoms in total. The van der Waals surface area contributed by atoms with Gasteiger partial charge in [0.1, 0.15) is 17.8 Å². The Kier molecular flexibility index (Phi) is 7.80. The van der Waals surface area contributed by atoms with Gasteiger partial charge < -0.3 is 5.32 Å². The van der Waals surface area contributed by atoms with Gasteiger partial charge in [0.25, 0.3) is 0 Å². The van der Waals surface area contributed by atoms with Crippen LogP contribution in [0.1, 0.15) is 25.2 Å². The monoisotopic (exact) mass is 511 g/mol. The van der Waals surface area contributed by atoms with Crippen molar-refractivity contribution in [3.63, 3.8) is 0 Å². The Labute approximate surface area is 199 Å². The zero-order valence-electron chi connectivity index (χ0n) is 18.6. The molecule has 3 aromatic rings. The lowest BCUT2D eigenvalue weighted by molar-refractivity contribution is -0.141. The maximum absolute atomic E-state index is 13.2. The van der Waals surface area contributed by atoms with E-state index in [1.807, 2.05) is 0 Å². The number of nitrogens with one attached hydrogen (secondary N) is 1. The standard InChI is InChI=1S/C22H21F4N5O3S/c1-14(2)31(35(33,34)18-6-4-16(23)5-7-18)12-21(32)28-11-17-9-19(30-13-29-17)15-3-8-20(27-10-15)22(24,25)26/h3-10,13-14H,11-12H2,1-2H3,(H,28,32). The first-order valence-electron chi connectivity index (χ1n) is 10.3. The molecular formula is C22H21F4N5O3S. The first-order valence-corrected chi connectivity index (χ1v) is 11.7. The molecule has 13 heteroatoms. The number of hydrogen-bond donors (Lipinski definition) is 1. The van der Waals surface area contributed by atoms with E-state index in [-0.39, 0.29) is 11.4 Å². The number of nitrogens with zero attached hydrogens (tertiary/aromatic N) is 4. The second-order valence-electron chi connectivity index (χ2n) is 7.70. The lowest BCUT2D eigenvalue weighted by Gasteiger charge is -2.25. The molecule has 1 aromatic carbocycles. The number of sulfonamides is 1. The van der Waals surface area contributed by atoms with Crippen molar-refractivity contribution >= 4 is 15.9 Å². The summed E-state index contributed by atoms with van der Waals surface area (Å²) in [7, 11) is -4.06. The molecule has 0 bridgehead atoms. The van der Waals surface area contributed by atoms with Gasteiger partial charge in [-0.2, -0.15) is 17.5 Å². The Bertz CT molecular complexity index is 1280. The molecule has 2 heterocycles. The highest BCUT2D eigenvalue weighted by Crippen LogP contribution is 2.28. The van der Waals surface area contributed by atoms with Crippen molar-refractivity contribution in [2.45, 2.75) is 37.5 Å². The molecule has 0 saturated heterocycles. The molecule has 0 radical (unpaired) electrons. The molecule has 0 unspecified atom stereocenters. The Morgan fingerprint density at radius 1 is 1.06 bits per heavy atom. The van der Waals surface area contributed by atoms with Crippen LogP contribution in [0.2, 0.25) is 0 Å². The van der Waals surface area contributed by atoms with Gasteiger partial charge in [0.05, 0.1) is 29.4 Å². The van der Waals surface area contributed by atoms with Crippen molar-refractivity contribution in [3.05, 3.63) is 72.2 Å². The molecule has 0 saturated carbocycles. The molecule has 3 rings (SSSR count). The SMILES string of the molecule is CC(C)N(CC(=O)NCc1cc(-c2ccc(C(F)(F)F)nc2)ncn1)S(=O)(=O)c1ccc(F)cc1. The number of hydrogen-bond acceptors (Lipinski definition) is 6. The summed E-state index contributed by atoms with van der Waals surface area (Å²) in [6.07, 6.45) is -2.34. The summed E-state index contributed by atoms with van der Waals surface area (Å²) in [6.45, 7) is 2.63. The Morgan fingerprint density at radius 3 is 2.31 bits per heavy atom. The molecule has 35 heavy (non-hydrogen) atoms. The number of carbonyl (C=O) groups is 1. The van der Waals surface area contributed by atoms with Gasteiger partial charge in [0.15, 0.2) is 0 Å². The minimum atomic E-state index is -4.56. The smallest absolute Gasteiger partial charge is 0.349 e. The first kappa shape index (κ1) is 26.2. The molecular weight excluding hydrogens is 490 g/mol. The van der Waals surface area contributed by atoms with Crippen molar-refractivity contribution in [2.75, 3.05) is 6.54 Å². The normalized spacial score (nSPS) is 12.2. The summed E-state index contributed by atoms with van der Waals surface area (Å²) >= 11 is 0. The molecule has 0 aliphatic rings. The number of rotatable bonds is 8. The number of amides is 1. The lowest BCUT2D eigenvalue weighted by atomic mass is 10.1. The van der Waals surface area contributed by atoms with Gasteiger partial charge >= 0.3 is 6.18 Å². The number of benzene rings is 1. The number of pyridine rings is 1. The van der Waals surface area contributed by atoms with Gasteiger partial charge in [0, 0.05) is 17.8 Å². The minimum absolute atomic E-state index is 0.0784. The van der Waals surface area contributed by atoms with E-state index < -0.39 is 46.2 Å². The fourth-order valence-corrected chi connectivity index (χ4v) is 4.63. The average molecular weight is 512 g/mol. The highest BCUT2D eigenvalue weighted by molar-refractivity contribution is 7.89. The predicted octanol–water partition coefficient (Wildman–Crippen LogP) is 3.41. The second kappa shape index (κ2) is 10.4. The van der Waals surface area contributed by atoms with Gasteiger partial charge in [-0.1, -0.05) is 0 Å². The molecule has 0 spiro atoms. The van der Waals surface area contributed by atoms with Crippen LogP contribution in [0.3, 0.4) is 0 Å². The van der Waals surface area contributed by atoms with Crippen molar-refractivity contribution in [3.8, 4) is 11.3 Å². The molecule has 186 valence electrons. The van der Waals surface area contributed by atoms with Gasteiger partial charge in [-0.05, 0) is 56.3 Å². The number of alkyl halides is 3. The molecule has 0 atom stereocenters. The van der Waals surface area contributed by atoms with Crippen LogP contribution in [0, 0.1) is 5.82 Å². The minimum Gasteiger partial charge on any atom is -0.349 e. The van der Waals surface area contributed by atoms with Gasteiger partial charge in [-0.15, -0.1) is 0 Å². The van der Waals surface area contributed by atoms with Gasteiger partial charge in [-0.25, -0.2) is 22.8 Å². The maximum atomic E-state index is 13.2. The van der Waals surface area contributed by atoms with E-state index in [4.69, 9.17) is 0 Å². The van der Waals surface area contributed by atoms with Crippen molar-refractivity contribution in [2.24, 2.45) is 0 Å². The lowest BCUT2D eigenvalue weighted by Crippen LogP contribution is -2.44. The highest BCUT2D eigenvalue weighted by Gasteiger charge is 2.32. The third kappa shape index (κ3) is 6.57. The van der Waals surface area contributed by atoms with Crippen LogP contribution in [0.15, 0.2) is 59.9 Å². The second-order valence-corrected chi connectivity index (χ2v) is 9.59. The third-order valence-electron chi connectivity index (χ3n) is 4.84. The van der Waals surface area contributed by atoms with Crippen molar-refractivity contribution in [1.82, 2.24) is 24.6 Å². The van der Waals surface area contributed by atoms with Crippen molar-refractivity contribution < 1.29 is 30.8 Å². The predicted molar refractivity (Wildman–Crippen MR) is 118 cm³/mol. The van der Waals surface area contributed by atoms with E-state index in [0.717, 1.165) is 40.8 Å². The van der Waals surface area contributed by atoms with Crippen molar-refractivity contribution in [1.29, 1.82) is 0 Å². The Morgan fingerprint density at radius 2 is 1.74 bits per heavy atom. The topological polar surface area (TPSA) is 105 Å². The van der Waals surface area contributed by atoms with Crippen LogP contribution >= 0.6 is 0 Å². The van der Waals surface area contributed by atoms with Crippen LogP contribution in [-0.2, 0) is 27.5 Å². The summed E-state index contributed by atoms with van der Waals surface area (Å²) < 4.78 is 78.1. The molecule has 1 amide bonds. The largest absolute Gasteiger partial charge is 0.433 e. The van der Waals surface area contributed by atoms with Crippen LogP contribution in [0.5, 0.6) is 0 Å². The van der Waals surface area contributed by atoms with E-state index in [1.165, 1.54) is 18.5 Å². The molecule has 0 aliphatic carbocycles. The molecule has 0 fully saturated rings. The van der Waals surface area contributed by atoms with E-state index in [9.17, 15) is 30.8 Å². The fourth-order valence-electron chi connectivity index (χ4n) is 3.04. The molecule has 2 aromatic heterocycles. The van der Waals surface area contributed by atoms with E-state index >= 15 is 0 Å². The van der Waals surface area contributed by atoms with Crippen LogP contribution in [0.4, 0.5) is 17.6 Å². The van der Waals surface area contributed by atoms with Gasteiger partial charge in [0.2, 0.25) is 15.9 Å². The summed E-state index contributed by atoms with van der Waals surface area (Å²) in [5.74, 6) is -1.20. The van der Waals surface area contributed by atoms with Gasteiger partial charge in [-0.3, -0.25) is 9.78 Å². The summed E-state index contributed by atoms with van der Waals surface area (Å²) in [5, 5.41) is 2.56. The summed E-state index contributed by atoms with van der Waals surface area (Å²) in [4.78, 5) is 23.8. The summed E-state index contributed by atoms with van der Waals surface area (Å²) in [6, 6.07) is 7.25. The average Bonchev–Trinajstić information content (AvgIpc) is 2.81. The highest BCUT2D eigenvalue weighted by atomic mass is 32.2. The van der Waals surface area contributed by atoms with E-state index in [1.54, 1.807) is 13.8 Å². The number of halogens is 4. The zero-order chi connectivity index (χ0) is 25.8. The number of carbonyl (C=O) groups excluding carboxylic acids is 1. The maximum Gasteiger partial charge on any atom is 0.433 e. The Hall–Kier alpha value is -3.45. The molecule has 0 aliphatic heterocycles.